The number of hydrogen-bond donors (Lipinski definition) is 2. The molecular formula is C17H16BrFN2O3. The average molecular weight is 395 g/mol. The summed E-state index contributed by atoms with van der Waals surface area (Å²) in [6.45, 7) is 1.57. The molecule has 2 rings (SSSR count). The molecule has 0 aliphatic heterocycles. The minimum absolute atomic E-state index is 0.0292. The van der Waals surface area contributed by atoms with Crippen LogP contribution in [0.25, 0.3) is 0 Å². The molecule has 0 heterocycles. The van der Waals surface area contributed by atoms with Gasteiger partial charge in [-0.1, -0.05) is 34.1 Å². The number of benzene rings is 2. The van der Waals surface area contributed by atoms with Crippen molar-refractivity contribution in [1.82, 2.24) is 10.9 Å². The zero-order valence-corrected chi connectivity index (χ0v) is 14.5. The fourth-order valence-electron chi connectivity index (χ4n) is 1.86. The normalized spacial score (nSPS) is 11.5. The van der Waals surface area contributed by atoms with E-state index in [2.05, 4.69) is 26.8 Å². The SMILES string of the molecule is CC(Oc1cccc(Br)c1)C(=O)NNC(=O)Cc1ccc(F)cc1. The Balaban J connectivity index is 1.79. The predicted molar refractivity (Wildman–Crippen MR) is 90.6 cm³/mol. The Hall–Kier alpha value is -2.41. The van der Waals surface area contributed by atoms with Gasteiger partial charge in [-0.15, -0.1) is 0 Å². The maximum absolute atomic E-state index is 12.8. The number of amides is 2. The molecule has 0 aromatic heterocycles. The number of hydrazine groups is 1. The van der Waals surface area contributed by atoms with Gasteiger partial charge < -0.3 is 4.74 Å². The Morgan fingerprint density at radius 1 is 1.17 bits per heavy atom. The van der Waals surface area contributed by atoms with Crippen LogP contribution in [0.3, 0.4) is 0 Å². The summed E-state index contributed by atoms with van der Waals surface area (Å²) in [7, 11) is 0. The van der Waals surface area contributed by atoms with Crippen molar-refractivity contribution in [2.75, 3.05) is 0 Å². The fraction of sp³-hybridized carbons (Fsp3) is 0.176. The minimum Gasteiger partial charge on any atom is -0.481 e. The van der Waals surface area contributed by atoms with Gasteiger partial charge in [-0.2, -0.15) is 0 Å². The van der Waals surface area contributed by atoms with Gasteiger partial charge in [-0.05, 0) is 42.8 Å². The number of rotatable bonds is 5. The van der Waals surface area contributed by atoms with Crippen LogP contribution >= 0.6 is 15.9 Å². The Morgan fingerprint density at radius 2 is 1.88 bits per heavy atom. The van der Waals surface area contributed by atoms with E-state index in [1.165, 1.54) is 24.3 Å². The first kappa shape index (κ1) is 17.9. The Morgan fingerprint density at radius 3 is 2.54 bits per heavy atom. The van der Waals surface area contributed by atoms with Crippen molar-refractivity contribution in [3.05, 3.63) is 64.4 Å². The van der Waals surface area contributed by atoms with Crippen molar-refractivity contribution in [3.63, 3.8) is 0 Å². The molecule has 7 heteroatoms. The van der Waals surface area contributed by atoms with E-state index < -0.39 is 17.9 Å². The van der Waals surface area contributed by atoms with E-state index in [0.717, 1.165) is 4.47 Å². The molecule has 0 saturated carbocycles. The quantitative estimate of drug-likeness (QED) is 0.766. The van der Waals surface area contributed by atoms with Crippen LogP contribution in [-0.2, 0) is 16.0 Å². The number of hydrogen-bond acceptors (Lipinski definition) is 3. The fourth-order valence-corrected chi connectivity index (χ4v) is 2.24. The summed E-state index contributed by atoms with van der Waals surface area (Å²) in [5.74, 6) is -0.734. The molecule has 0 bridgehead atoms. The summed E-state index contributed by atoms with van der Waals surface area (Å²) in [5.41, 5.74) is 5.24. The smallest absolute Gasteiger partial charge is 0.279 e. The van der Waals surface area contributed by atoms with Crippen LogP contribution in [0.2, 0.25) is 0 Å². The molecule has 0 radical (unpaired) electrons. The lowest BCUT2D eigenvalue weighted by molar-refractivity contribution is -0.132. The highest BCUT2D eigenvalue weighted by Gasteiger charge is 2.15. The number of ether oxygens (including phenoxy) is 1. The molecule has 24 heavy (non-hydrogen) atoms. The highest BCUT2D eigenvalue weighted by Crippen LogP contribution is 2.18. The highest BCUT2D eigenvalue weighted by atomic mass is 79.9. The van der Waals surface area contributed by atoms with E-state index in [4.69, 9.17) is 4.74 Å². The zero-order chi connectivity index (χ0) is 17.5. The van der Waals surface area contributed by atoms with Crippen LogP contribution in [0.1, 0.15) is 12.5 Å². The topological polar surface area (TPSA) is 67.4 Å². The lowest BCUT2D eigenvalue weighted by Crippen LogP contribution is -2.47. The van der Waals surface area contributed by atoms with Crippen molar-refractivity contribution < 1.29 is 18.7 Å². The minimum atomic E-state index is -0.787. The second-order valence-electron chi connectivity index (χ2n) is 5.06. The highest BCUT2D eigenvalue weighted by molar-refractivity contribution is 9.10. The molecule has 0 saturated heterocycles. The number of carbonyl (C=O) groups excluding carboxylic acids is 2. The number of halogens is 2. The lowest BCUT2D eigenvalue weighted by Gasteiger charge is -2.15. The third kappa shape index (κ3) is 5.66. The molecule has 126 valence electrons. The monoisotopic (exact) mass is 394 g/mol. The maximum Gasteiger partial charge on any atom is 0.279 e. The second-order valence-corrected chi connectivity index (χ2v) is 5.97. The van der Waals surface area contributed by atoms with Gasteiger partial charge in [0.25, 0.3) is 5.91 Å². The average Bonchev–Trinajstić information content (AvgIpc) is 2.54. The van der Waals surface area contributed by atoms with Crippen LogP contribution in [-0.4, -0.2) is 17.9 Å². The van der Waals surface area contributed by atoms with Crippen molar-refractivity contribution in [2.45, 2.75) is 19.4 Å². The Bertz CT molecular complexity index is 722. The van der Waals surface area contributed by atoms with Gasteiger partial charge >= 0.3 is 0 Å². The van der Waals surface area contributed by atoms with Gasteiger partial charge in [0.2, 0.25) is 5.91 Å². The first-order chi connectivity index (χ1) is 11.4. The van der Waals surface area contributed by atoms with E-state index in [0.29, 0.717) is 11.3 Å². The molecule has 0 aliphatic carbocycles. The summed E-state index contributed by atoms with van der Waals surface area (Å²) in [4.78, 5) is 23.7. The summed E-state index contributed by atoms with van der Waals surface area (Å²) in [6, 6.07) is 12.6. The Kier molecular flexibility index (Phi) is 6.31. The second kappa shape index (κ2) is 8.44. The van der Waals surface area contributed by atoms with Crippen molar-refractivity contribution in [1.29, 1.82) is 0 Å². The molecule has 0 aliphatic rings. The largest absolute Gasteiger partial charge is 0.481 e. The van der Waals surface area contributed by atoms with Crippen LogP contribution in [0.4, 0.5) is 4.39 Å². The molecular weight excluding hydrogens is 379 g/mol. The molecule has 2 aromatic rings. The first-order valence-corrected chi connectivity index (χ1v) is 7.98. The van der Waals surface area contributed by atoms with E-state index in [9.17, 15) is 14.0 Å². The lowest BCUT2D eigenvalue weighted by atomic mass is 10.1. The van der Waals surface area contributed by atoms with Crippen LogP contribution in [0, 0.1) is 5.82 Å². The summed E-state index contributed by atoms with van der Waals surface area (Å²) in [6.07, 6.45) is -0.757. The van der Waals surface area contributed by atoms with E-state index in [1.54, 1.807) is 25.1 Å². The van der Waals surface area contributed by atoms with E-state index in [-0.39, 0.29) is 12.2 Å². The van der Waals surface area contributed by atoms with Crippen molar-refractivity contribution in [3.8, 4) is 5.75 Å². The van der Waals surface area contributed by atoms with Crippen molar-refractivity contribution >= 4 is 27.7 Å². The summed E-state index contributed by atoms with van der Waals surface area (Å²) < 4.78 is 19.1. The van der Waals surface area contributed by atoms with E-state index in [1.807, 2.05) is 6.07 Å². The Labute approximate surface area is 147 Å². The van der Waals surface area contributed by atoms with Gasteiger partial charge in [0.1, 0.15) is 11.6 Å². The molecule has 2 N–H and O–H groups in total. The molecule has 0 spiro atoms. The standard InChI is InChI=1S/C17H16BrFN2O3/c1-11(24-15-4-2-3-13(18)10-15)17(23)21-20-16(22)9-12-5-7-14(19)8-6-12/h2-8,10-11H,9H2,1H3,(H,20,22)(H,21,23). The molecule has 2 aromatic carbocycles. The molecule has 1 atom stereocenters. The van der Waals surface area contributed by atoms with Crippen LogP contribution < -0.4 is 15.6 Å². The zero-order valence-electron chi connectivity index (χ0n) is 12.9. The molecule has 1 unspecified atom stereocenters. The van der Waals surface area contributed by atoms with Gasteiger partial charge in [-0.25, -0.2) is 4.39 Å². The maximum atomic E-state index is 12.8. The van der Waals surface area contributed by atoms with Gasteiger partial charge in [0.05, 0.1) is 6.42 Å². The van der Waals surface area contributed by atoms with Gasteiger partial charge in [0, 0.05) is 4.47 Å². The summed E-state index contributed by atoms with van der Waals surface area (Å²) in [5, 5.41) is 0. The van der Waals surface area contributed by atoms with Gasteiger partial charge in [-0.3, -0.25) is 20.4 Å². The summed E-state index contributed by atoms with van der Waals surface area (Å²) >= 11 is 3.31. The molecule has 2 amide bonds. The third-order valence-corrected chi connectivity index (χ3v) is 3.57. The van der Waals surface area contributed by atoms with Crippen molar-refractivity contribution in [2.24, 2.45) is 0 Å². The van der Waals surface area contributed by atoms with Crippen LogP contribution in [0.15, 0.2) is 53.0 Å². The molecule has 5 nitrogen and oxygen atoms in total. The van der Waals surface area contributed by atoms with Crippen LogP contribution in [0.5, 0.6) is 5.75 Å². The third-order valence-electron chi connectivity index (χ3n) is 3.08. The first-order valence-electron chi connectivity index (χ1n) is 7.19. The predicted octanol–water partition coefficient (Wildman–Crippen LogP) is 2.75. The molecule has 0 fully saturated rings. The number of nitrogens with one attached hydrogen (secondary N) is 2. The van der Waals surface area contributed by atoms with Gasteiger partial charge in [0.15, 0.2) is 6.10 Å². The van der Waals surface area contributed by atoms with E-state index >= 15 is 0 Å². The number of carbonyl (C=O) groups is 2.